The zero-order valence-corrected chi connectivity index (χ0v) is 18.4. The van der Waals surface area contributed by atoms with E-state index in [0.29, 0.717) is 8.47 Å². The molecule has 0 fully saturated rings. The first-order valence-corrected chi connectivity index (χ1v) is 8.99. The number of carbonyl (C=O) groups is 3. The third-order valence-electron chi connectivity index (χ3n) is 2.53. The standard InChI is InChI=1S/C17H23IN2O7/c1-16(2,3)26-14(22)20(13(21)24-7)12-11(8-10(18)9-19-12)25-15(23)27-17(4,5)6/h8-9H,1-7H3. The van der Waals surface area contributed by atoms with Crippen molar-refractivity contribution in [2.24, 2.45) is 0 Å². The maximum absolute atomic E-state index is 12.5. The minimum absolute atomic E-state index is 0.160. The van der Waals surface area contributed by atoms with E-state index in [9.17, 15) is 14.4 Å². The molecule has 150 valence electrons. The second-order valence-corrected chi connectivity index (χ2v) is 8.57. The first-order chi connectivity index (χ1) is 12.2. The van der Waals surface area contributed by atoms with Crippen LogP contribution in [-0.4, -0.2) is 41.6 Å². The Morgan fingerprint density at radius 2 is 1.56 bits per heavy atom. The molecule has 10 heteroatoms. The van der Waals surface area contributed by atoms with Crippen LogP contribution in [0, 0.1) is 3.57 Å². The van der Waals surface area contributed by atoms with Crippen LogP contribution in [0.4, 0.5) is 20.2 Å². The fraction of sp³-hybridized carbons (Fsp3) is 0.529. The van der Waals surface area contributed by atoms with Crippen LogP contribution in [0.5, 0.6) is 5.75 Å². The minimum Gasteiger partial charge on any atom is -0.452 e. The van der Waals surface area contributed by atoms with Gasteiger partial charge < -0.3 is 18.9 Å². The largest absolute Gasteiger partial charge is 0.514 e. The third kappa shape index (κ3) is 7.57. The van der Waals surface area contributed by atoms with Crippen molar-refractivity contribution in [2.75, 3.05) is 12.0 Å². The molecule has 0 radical (unpaired) electrons. The smallest absolute Gasteiger partial charge is 0.452 e. The van der Waals surface area contributed by atoms with Crippen LogP contribution >= 0.6 is 22.6 Å². The lowest BCUT2D eigenvalue weighted by Gasteiger charge is -2.25. The SMILES string of the molecule is COC(=O)N(C(=O)OC(C)(C)C)c1ncc(I)cc1OC(=O)OC(C)(C)C. The number of carbonyl (C=O) groups excluding carboxylic acids is 3. The second kappa shape index (κ2) is 8.72. The topological polar surface area (TPSA) is 104 Å². The van der Waals surface area contributed by atoms with Crippen molar-refractivity contribution in [3.63, 3.8) is 0 Å². The molecular formula is C17H23IN2O7. The highest BCUT2D eigenvalue weighted by Crippen LogP contribution is 2.30. The van der Waals surface area contributed by atoms with Gasteiger partial charge in [0.1, 0.15) is 11.2 Å². The van der Waals surface area contributed by atoms with E-state index in [4.69, 9.17) is 14.2 Å². The molecule has 0 saturated heterocycles. The lowest BCUT2D eigenvalue weighted by atomic mass is 10.2. The Kier molecular flexibility index (Phi) is 7.40. The number of hydrogen-bond donors (Lipinski definition) is 0. The highest BCUT2D eigenvalue weighted by atomic mass is 127. The van der Waals surface area contributed by atoms with Gasteiger partial charge in [-0.25, -0.2) is 19.4 Å². The predicted molar refractivity (Wildman–Crippen MR) is 105 cm³/mol. The third-order valence-corrected chi connectivity index (χ3v) is 3.12. The molecule has 27 heavy (non-hydrogen) atoms. The van der Waals surface area contributed by atoms with Crippen molar-refractivity contribution in [3.8, 4) is 5.75 Å². The summed E-state index contributed by atoms with van der Waals surface area (Å²) in [5, 5.41) is 0. The van der Waals surface area contributed by atoms with E-state index in [1.165, 1.54) is 12.3 Å². The monoisotopic (exact) mass is 494 g/mol. The first-order valence-electron chi connectivity index (χ1n) is 7.91. The molecule has 1 heterocycles. The molecule has 0 aliphatic rings. The molecule has 0 bridgehead atoms. The summed E-state index contributed by atoms with van der Waals surface area (Å²) in [6.07, 6.45) is -1.70. The summed E-state index contributed by atoms with van der Waals surface area (Å²) in [4.78, 5) is 41.3. The number of halogens is 1. The van der Waals surface area contributed by atoms with Crippen LogP contribution < -0.4 is 9.64 Å². The number of amides is 2. The zero-order chi connectivity index (χ0) is 21.0. The second-order valence-electron chi connectivity index (χ2n) is 7.33. The van der Waals surface area contributed by atoms with E-state index >= 15 is 0 Å². The van der Waals surface area contributed by atoms with Crippen LogP contribution in [0.3, 0.4) is 0 Å². The van der Waals surface area contributed by atoms with Crippen LogP contribution in [0.1, 0.15) is 41.5 Å². The molecule has 0 saturated carbocycles. The van der Waals surface area contributed by atoms with Gasteiger partial charge in [-0.2, -0.15) is 4.90 Å². The van der Waals surface area contributed by atoms with E-state index in [1.54, 1.807) is 41.5 Å². The Labute approximate surface area is 171 Å². The average molecular weight is 494 g/mol. The molecule has 1 aromatic heterocycles. The van der Waals surface area contributed by atoms with Gasteiger partial charge in [-0.05, 0) is 70.2 Å². The van der Waals surface area contributed by atoms with E-state index in [0.717, 1.165) is 7.11 Å². The fourth-order valence-corrected chi connectivity index (χ4v) is 2.09. The van der Waals surface area contributed by atoms with Crippen molar-refractivity contribution in [3.05, 3.63) is 15.8 Å². The van der Waals surface area contributed by atoms with Gasteiger partial charge in [-0.1, -0.05) is 0 Å². The molecule has 0 aliphatic heterocycles. The highest BCUT2D eigenvalue weighted by molar-refractivity contribution is 14.1. The molecular weight excluding hydrogens is 471 g/mol. The lowest BCUT2D eigenvalue weighted by molar-refractivity contribution is 0.0203. The molecule has 0 spiro atoms. The van der Waals surface area contributed by atoms with E-state index < -0.39 is 29.5 Å². The van der Waals surface area contributed by atoms with Crippen molar-refractivity contribution < 1.29 is 33.3 Å². The van der Waals surface area contributed by atoms with E-state index in [1.807, 2.05) is 22.6 Å². The van der Waals surface area contributed by atoms with Gasteiger partial charge in [0, 0.05) is 9.77 Å². The molecule has 9 nitrogen and oxygen atoms in total. The number of rotatable bonds is 2. The summed E-state index contributed by atoms with van der Waals surface area (Å²) in [5.41, 5.74) is -1.67. The van der Waals surface area contributed by atoms with Crippen LogP contribution in [0.2, 0.25) is 0 Å². The Morgan fingerprint density at radius 3 is 2.04 bits per heavy atom. The summed E-state index contributed by atoms with van der Waals surface area (Å²) in [6.45, 7) is 9.93. The molecule has 2 amide bonds. The van der Waals surface area contributed by atoms with Crippen molar-refractivity contribution in [1.82, 2.24) is 4.98 Å². The van der Waals surface area contributed by atoms with Gasteiger partial charge >= 0.3 is 18.3 Å². The average Bonchev–Trinajstić information content (AvgIpc) is 2.45. The number of pyridine rings is 1. The summed E-state index contributed by atoms with van der Waals surface area (Å²) in [6, 6.07) is 1.42. The molecule has 0 atom stereocenters. The Balaban J connectivity index is 3.32. The van der Waals surface area contributed by atoms with Gasteiger partial charge in [0.2, 0.25) is 0 Å². The number of imide groups is 1. The van der Waals surface area contributed by atoms with E-state index in [-0.39, 0.29) is 11.6 Å². The molecule has 1 rings (SSSR count). The zero-order valence-electron chi connectivity index (χ0n) is 16.3. The highest BCUT2D eigenvalue weighted by Gasteiger charge is 2.34. The van der Waals surface area contributed by atoms with Gasteiger partial charge in [0.15, 0.2) is 11.6 Å². The lowest BCUT2D eigenvalue weighted by Crippen LogP contribution is -2.41. The normalized spacial score (nSPS) is 11.4. The molecule has 0 aromatic carbocycles. The van der Waals surface area contributed by atoms with Crippen LogP contribution in [0.25, 0.3) is 0 Å². The van der Waals surface area contributed by atoms with Gasteiger partial charge in [-0.3, -0.25) is 0 Å². The van der Waals surface area contributed by atoms with E-state index in [2.05, 4.69) is 9.72 Å². The molecule has 1 aromatic rings. The summed E-state index contributed by atoms with van der Waals surface area (Å²) >= 11 is 1.94. The number of hydrogen-bond acceptors (Lipinski definition) is 8. The van der Waals surface area contributed by atoms with Crippen LogP contribution in [-0.2, 0) is 14.2 Å². The Morgan fingerprint density at radius 1 is 1.00 bits per heavy atom. The Bertz CT molecular complexity index is 723. The van der Waals surface area contributed by atoms with Gasteiger partial charge in [0.05, 0.1) is 7.11 Å². The first kappa shape index (κ1) is 22.9. The number of aromatic nitrogens is 1. The quantitative estimate of drug-likeness (QED) is 0.336. The molecule has 0 N–H and O–H groups in total. The van der Waals surface area contributed by atoms with Crippen molar-refractivity contribution in [2.45, 2.75) is 52.7 Å². The number of methoxy groups -OCH3 is 1. The summed E-state index contributed by atoms with van der Waals surface area (Å²) in [5.74, 6) is -0.421. The van der Waals surface area contributed by atoms with Gasteiger partial charge in [0.25, 0.3) is 0 Å². The maximum atomic E-state index is 12.5. The maximum Gasteiger partial charge on any atom is 0.514 e. The number of anilines is 1. The number of ether oxygens (including phenoxy) is 4. The molecule has 0 unspecified atom stereocenters. The summed E-state index contributed by atoms with van der Waals surface area (Å²) in [7, 11) is 1.10. The van der Waals surface area contributed by atoms with Crippen LogP contribution in [0.15, 0.2) is 12.3 Å². The van der Waals surface area contributed by atoms with Crippen molar-refractivity contribution >= 4 is 46.8 Å². The van der Waals surface area contributed by atoms with Crippen molar-refractivity contribution in [1.29, 1.82) is 0 Å². The Hall–Kier alpha value is -2.11. The molecule has 0 aliphatic carbocycles. The number of nitrogens with zero attached hydrogens (tertiary/aromatic N) is 2. The van der Waals surface area contributed by atoms with Gasteiger partial charge in [-0.15, -0.1) is 0 Å². The minimum atomic E-state index is -1.05. The predicted octanol–water partition coefficient (Wildman–Crippen LogP) is 4.51. The summed E-state index contributed by atoms with van der Waals surface area (Å²) < 4.78 is 20.7. The fourth-order valence-electron chi connectivity index (χ4n) is 1.66.